The molecular weight excluding hydrogens is 442 g/mol. The molecule has 1 aliphatic carbocycles. The first kappa shape index (κ1) is 23.9. The van der Waals surface area contributed by atoms with Gasteiger partial charge in [0.1, 0.15) is 11.6 Å². The van der Waals surface area contributed by atoms with E-state index in [0.29, 0.717) is 24.4 Å². The van der Waals surface area contributed by atoms with Gasteiger partial charge in [-0.25, -0.2) is 19.5 Å². The summed E-state index contributed by atoms with van der Waals surface area (Å²) >= 11 is 0. The SMILES string of the molecule is COC[C@H](C)Nc1ncc2c([C@H]3CCCN(c4ccnc(C)n4)C3)cc(C3CCC(O)CC3)n2n1. The molecule has 4 heterocycles. The van der Waals surface area contributed by atoms with Crippen LogP contribution in [0.5, 0.6) is 0 Å². The van der Waals surface area contributed by atoms with Crippen molar-refractivity contribution in [2.24, 2.45) is 0 Å². The minimum atomic E-state index is -0.179. The fraction of sp³-hybridized carbons (Fsp3) is 0.615. The van der Waals surface area contributed by atoms with Gasteiger partial charge in [-0.3, -0.25) is 0 Å². The smallest absolute Gasteiger partial charge is 0.241 e. The molecule has 0 radical (unpaired) electrons. The highest BCUT2D eigenvalue weighted by Gasteiger charge is 2.30. The number of rotatable bonds is 7. The molecule has 5 rings (SSSR count). The van der Waals surface area contributed by atoms with Crippen molar-refractivity contribution in [3.8, 4) is 0 Å². The molecule has 3 aromatic rings. The van der Waals surface area contributed by atoms with Crippen LogP contribution in [0.2, 0.25) is 0 Å². The lowest BCUT2D eigenvalue weighted by Gasteiger charge is -2.33. The van der Waals surface area contributed by atoms with Crippen LogP contribution in [0.25, 0.3) is 5.52 Å². The second-order valence-corrected chi connectivity index (χ2v) is 10.2. The number of aliphatic hydroxyl groups excluding tert-OH is 1. The molecule has 2 fully saturated rings. The first-order valence-corrected chi connectivity index (χ1v) is 12.9. The summed E-state index contributed by atoms with van der Waals surface area (Å²) in [5, 5.41) is 18.4. The van der Waals surface area contributed by atoms with Gasteiger partial charge in [0.2, 0.25) is 5.95 Å². The van der Waals surface area contributed by atoms with E-state index in [1.165, 1.54) is 11.3 Å². The number of nitrogens with one attached hydrogen (secondary N) is 1. The Labute approximate surface area is 206 Å². The van der Waals surface area contributed by atoms with Gasteiger partial charge >= 0.3 is 0 Å². The predicted octanol–water partition coefficient (Wildman–Crippen LogP) is 3.68. The third-order valence-electron chi connectivity index (χ3n) is 7.43. The van der Waals surface area contributed by atoms with Crippen molar-refractivity contribution in [1.29, 1.82) is 0 Å². The lowest BCUT2D eigenvalue weighted by molar-refractivity contribution is 0.121. The number of piperidine rings is 1. The van der Waals surface area contributed by atoms with E-state index >= 15 is 0 Å². The van der Waals surface area contributed by atoms with E-state index in [9.17, 15) is 5.11 Å². The predicted molar refractivity (Wildman–Crippen MR) is 136 cm³/mol. The summed E-state index contributed by atoms with van der Waals surface area (Å²) in [6.07, 6.45) is 9.54. The van der Waals surface area contributed by atoms with Gasteiger partial charge in [0.25, 0.3) is 0 Å². The van der Waals surface area contributed by atoms with E-state index in [4.69, 9.17) is 9.84 Å². The van der Waals surface area contributed by atoms with Gasteiger partial charge in [0.15, 0.2) is 0 Å². The maximum absolute atomic E-state index is 10.1. The number of anilines is 2. The molecule has 0 unspecified atom stereocenters. The van der Waals surface area contributed by atoms with Gasteiger partial charge < -0.3 is 20.1 Å². The van der Waals surface area contributed by atoms with Crippen LogP contribution in [-0.2, 0) is 4.74 Å². The Hall–Kier alpha value is -2.78. The monoisotopic (exact) mass is 479 g/mol. The molecule has 35 heavy (non-hydrogen) atoms. The summed E-state index contributed by atoms with van der Waals surface area (Å²) in [6, 6.07) is 4.49. The molecule has 9 nitrogen and oxygen atoms in total. The van der Waals surface area contributed by atoms with Crippen LogP contribution in [0, 0.1) is 6.92 Å². The van der Waals surface area contributed by atoms with Crippen molar-refractivity contribution in [3.63, 3.8) is 0 Å². The zero-order valence-corrected chi connectivity index (χ0v) is 21.0. The Morgan fingerprint density at radius 1 is 1.17 bits per heavy atom. The summed E-state index contributed by atoms with van der Waals surface area (Å²) in [5.74, 6) is 3.19. The van der Waals surface area contributed by atoms with E-state index in [0.717, 1.165) is 68.8 Å². The molecule has 0 bridgehead atoms. The van der Waals surface area contributed by atoms with Crippen LogP contribution in [0.1, 0.15) is 74.4 Å². The minimum Gasteiger partial charge on any atom is -0.393 e. The van der Waals surface area contributed by atoms with E-state index < -0.39 is 0 Å². The summed E-state index contributed by atoms with van der Waals surface area (Å²) < 4.78 is 7.38. The zero-order valence-electron chi connectivity index (χ0n) is 21.0. The summed E-state index contributed by atoms with van der Waals surface area (Å²) in [7, 11) is 1.70. The number of aromatic nitrogens is 5. The summed E-state index contributed by atoms with van der Waals surface area (Å²) in [4.78, 5) is 16.0. The van der Waals surface area contributed by atoms with E-state index in [1.54, 1.807) is 7.11 Å². The number of hydrogen-bond donors (Lipinski definition) is 2. The number of aryl methyl sites for hydroxylation is 1. The number of nitrogens with zero attached hydrogens (tertiary/aromatic N) is 6. The van der Waals surface area contributed by atoms with Crippen LogP contribution < -0.4 is 10.2 Å². The Bertz CT molecular complexity index is 1140. The summed E-state index contributed by atoms with van der Waals surface area (Å²) in [5.41, 5.74) is 3.64. The van der Waals surface area contributed by atoms with Crippen LogP contribution in [0.4, 0.5) is 11.8 Å². The first-order chi connectivity index (χ1) is 17.0. The van der Waals surface area contributed by atoms with Crippen LogP contribution in [-0.4, -0.2) is 68.6 Å². The minimum absolute atomic E-state index is 0.115. The Morgan fingerprint density at radius 2 is 2.00 bits per heavy atom. The molecule has 0 spiro atoms. The molecule has 0 amide bonds. The highest BCUT2D eigenvalue weighted by atomic mass is 16.5. The Morgan fingerprint density at radius 3 is 2.77 bits per heavy atom. The third-order valence-corrected chi connectivity index (χ3v) is 7.43. The fourth-order valence-corrected chi connectivity index (χ4v) is 5.67. The second-order valence-electron chi connectivity index (χ2n) is 10.2. The number of methoxy groups -OCH3 is 1. The fourth-order valence-electron chi connectivity index (χ4n) is 5.67. The van der Waals surface area contributed by atoms with Gasteiger partial charge in [0.05, 0.1) is 24.4 Å². The highest BCUT2D eigenvalue weighted by molar-refractivity contribution is 5.59. The highest BCUT2D eigenvalue weighted by Crippen LogP contribution is 2.39. The number of aliphatic hydroxyl groups is 1. The van der Waals surface area contributed by atoms with Gasteiger partial charge in [-0.2, -0.15) is 0 Å². The molecule has 2 aliphatic rings. The lowest BCUT2D eigenvalue weighted by atomic mass is 9.84. The van der Waals surface area contributed by atoms with Crippen molar-refractivity contribution < 1.29 is 9.84 Å². The van der Waals surface area contributed by atoms with Crippen molar-refractivity contribution in [1.82, 2.24) is 24.6 Å². The van der Waals surface area contributed by atoms with E-state index in [-0.39, 0.29) is 12.1 Å². The third kappa shape index (κ3) is 5.26. The molecule has 9 heteroatoms. The van der Waals surface area contributed by atoms with Gasteiger partial charge in [-0.15, -0.1) is 5.10 Å². The lowest BCUT2D eigenvalue weighted by Crippen LogP contribution is -2.35. The second kappa shape index (κ2) is 10.5. The average Bonchev–Trinajstić information content (AvgIpc) is 3.24. The number of ether oxygens (including phenoxy) is 1. The van der Waals surface area contributed by atoms with E-state index in [1.807, 2.05) is 25.4 Å². The number of hydrogen-bond acceptors (Lipinski definition) is 8. The molecule has 188 valence electrons. The number of fused-ring (bicyclic) bond motifs is 1. The topological polar surface area (TPSA) is 101 Å². The maximum Gasteiger partial charge on any atom is 0.241 e. The quantitative estimate of drug-likeness (QED) is 0.529. The molecule has 1 saturated heterocycles. The van der Waals surface area contributed by atoms with Crippen molar-refractivity contribution in [3.05, 3.63) is 41.6 Å². The molecule has 1 saturated carbocycles. The van der Waals surface area contributed by atoms with Crippen molar-refractivity contribution >= 4 is 17.3 Å². The van der Waals surface area contributed by atoms with Crippen LogP contribution in [0.15, 0.2) is 24.5 Å². The van der Waals surface area contributed by atoms with Gasteiger partial charge in [0, 0.05) is 50.0 Å². The van der Waals surface area contributed by atoms with Crippen LogP contribution in [0.3, 0.4) is 0 Å². The summed E-state index contributed by atoms with van der Waals surface area (Å²) in [6.45, 7) is 6.52. The normalized spacial score (nSPS) is 24.0. The molecule has 0 aromatic carbocycles. The first-order valence-electron chi connectivity index (χ1n) is 12.9. The molecule has 3 aromatic heterocycles. The maximum atomic E-state index is 10.1. The molecule has 1 aliphatic heterocycles. The molecule has 2 N–H and O–H groups in total. The van der Waals surface area contributed by atoms with Crippen molar-refractivity contribution in [2.75, 3.05) is 37.0 Å². The van der Waals surface area contributed by atoms with Crippen molar-refractivity contribution in [2.45, 2.75) is 76.4 Å². The van der Waals surface area contributed by atoms with Gasteiger partial charge in [-0.05, 0) is 70.1 Å². The largest absolute Gasteiger partial charge is 0.393 e. The zero-order chi connectivity index (χ0) is 24.4. The Balaban J connectivity index is 1.48. The standard InChI is InChI=1S/C26H37N7O2/c1-17(16-35-3)29-26-28-14-24-22(13-23(33(24)31-26)19-6-8-21(34)9-7-19)20-5-4-12-32(15-20)25-10-11-27-18(2)30-25/h10-11,13-14,17,19-21,34H,4-9,12,15-16H2,1-3H3,(H,29,31)/t17-,19?,20-,21?/m0/s1. The Kier molecular flexibility index (Phi) is 7.15. The van der Waals surface area contributed by atoms with E-state index in [2.05, 4.69) is 42.7 Å². The van der Waals surface area contributed by atoms with Crippen LogP contribution >= 0.6 is 0 Å². The van der Waals surface area contributed by atoms with Gasteiger partial charge in [-0.1, -0.05) is 0 Å². The average molecular weight is 480 g/mol. The molecular formula is C26H37N7O2. The molecule has 2 atom stereocenters.